The van der Waals surface area contributed by atoms with E-state index >= 15 is 0 Å². The van der Waals surface area contributed by atoms with Gasteiger partial charge in [-0.2, -0.15) is 0 Å². The second kappa shape index (κ2) is 11.0. The van der Waals surface area contributed by atoms with Crippen LogP contribution in [-0.4, -0.2) is 0 Å². The van der Waals surface area contributed by atoms with Crippen LogP contribution < -0.4 is 0 Å². The van der Waals surface area contributed by atoms with Crippen molar-refractivity contribution < 1.29 is 0 Å². The summed E-state index contributed by atoms with van der Waals surface area (Å²) in [5, 5.41) is 0. The summed E-state index contributed by atoms with van der Waals surface area (Å²) >= 11 is 0. The fourth-order valence-electron chi connectivity index (χ4n) is 2.51. The van der Waals surface area contributed by atoms with Gasteiger partial charge in [-0.3, -0.25) is 0 Å². The Hall–Kier alpha value is -2.70. The van der Waals surface area contributed by atoms with Crippen LogP contribution in [0, 0.1) is 23.7 Å². The van der Waals surface area contributed by atoms with E-state index in [1.807, 2.05) is 12.2 Å². The monoisotopic (exact) mass is 326 g/mol. The summed E-state index contributed by atoms with van der Waals surface area (Å²) in [6, 6.07) is 17.0. The topological polar surface area (TPSA) is 0 Å². The van der Waals surface area contributed by atoms with Crippen LogP contribution in [0.3, 0.4) is 0 Å². The van der Waals surface area contributed by atoms with Crippen LogP contribution in [0.25, 0.3) is 0 Å². The lowest BCUT2D eigenvalue weighted by Gasteiger charge is -1.98. The Kier molecular flexibility index (Phi) is 8.17. The van der Waals surface area contributed by atoms with Crippen molar-refractivity contribution in [1.29, 1.82) is 0 Å². The van der Waals surface area contributed by atoms with Crippen molar-refractivity contribution in [2.24, 2.45) is 0 Å². The average molecular weight is 326 g/mol. The minimum Gasteiger partial charge on any atom is -0.0689 e. The molecule has 0 aromatic heterocycles. The van der Waals surface area contributed by atoms with Crippen molar-refractivity contribution in [2.45, 2.75) is 46.0 Å². The Bertz CT molecular complexity index is 782. The first kappa shape index (κ1) is 18.6. The van der Waals surface area contributed by atoms with E-state index in [4.69, 9.17) is 0 Å². The Morgan fingerprint density at radius 1 is 0.640 bits per heavy atom. The molecule has 0 aliphatic heterocycles. The SMILES string of the molecule is CCCCc1ccc(C#C/C=C/C#Cc2ccc(CCC)cc2)cc1. The molecule has 0 saturated heterocycles. The van der Waals surface area contributed by atoms with Crippen LogP contribution in [0.2, 0.25) is 0 Å². The third kappa shape index (κ3) is 7.15. The molecule has 0 bridgehead atoms. The Balaban J connectivity index is 1.86. The second-order valence-corrected chi connectivity index (χ2v) is 6.12. The van der Waals surface area contributed by atoms with Crippen molar-refractivity contribution in [2.75, 3.05) is 0 Å². The molecule has 0 heterocycles. The van der Waals surface area contributed by atoms with Crippen molar-refractivity contribution in [1.82, 2.24) is 0 Å². The summed E-state index contributed by atoms with van der Waals surface area (Å²) in [7, 11) is 0. The maximum atomic E-state index is 3.14. The van der Waals surface area contributed by atoms with Crippen LogP contribution in [-0.2, 0) is 12.8 Å². The molecular weight excluding hydrogens is 300 g/mol. The van der Waals surface area contributed by atoms with Crippen LogP contribution in [0.1, 0.15) is 55.4 Å². The zero-order valence-electron chi connectivity index (χ0n) is 15.3. The molecule has 0 atom stereocenters. The summed E-state index contributed by atoms with van der Waals surface area (Å²) in [5.41, 5.74) is 4.85. The third-order valence-electron chi connectivity index (χ3n) is 3.95. The number of benzene rings is 2. The number of hydrogen-bond donors (Lipinski definition) is 0. The van der Waals surface area contributed by atoms with Gasteiger partial charge in [0.15, 0.2) is 0 Å². The molecule has 0 amide bonds. The normalized spacial score (nSPS) is 10.0. The zero-order valence-corrected chi connectivity index (χ0v) is 15.3. The molecule has 2 rings (SSSR count). The number of unbranched alkanes of at least 4 members (excludes halogenated alkanes) is 1. The van der Waals surface area contributed by atoms with Gasteiger partial charge in [-0.15, -0.1) is 0 Å². The van der Waals surface area contributed by atoms with E-state index in [0.717, 1.165) is 24.0 Å². The number of aryl methyl sites for hydroxylation is 2. The van der Waals surface area contributed by atoms with Crippen molar-refractivity contribution in [3.63, 3.8) is 0 Å². The molecule has 126 valence electrons. The summed E-state index contributed by atoms with van der Waals surface area (Å²) in [6.45, 7) is 4.41. The van der Waals surface area contributed by atoms with Crippen molar-refractivity contribution in [3.8, 4) is 23.7 Å². The molecule has 0 nitrogen and oxygen atoms in total. The van der Waals surface area contributed by atoms with Gasteiger partial charge in [0.25, 0.3) is 0 Å². The minimum atomic E-state index is 1.04. The Labute approximate surface area is 153 Å². The quantitative estimate of drug-likeness (QED) is 0.596. The molecule has 25 heavy (non-hydrogen) atoms. The van der Waals surface area contributed by atoms with E-state index in [2.05, 4.69) is 86.1 Å². The number of rotatable bonds is 5. The summed E-state index contributed by atoms with van der Waals surface area (Å²) < 4.78 is 0. The Morgan fingerprint density at radius 2 is 1.12 bits per heavy atom. The molecule has 0 radical (unpaired) electrons. The molecule has 2 aromatic carbocycles. The molecule has 0 N–H and O–H groups in total. The molecule has 0 aliphatic rings. The van der Waals surface area contributed by atoms with E-state index in [-0.39, 0.29) is 0 Å². The van der Waals surface area contributed by atoms with Gasteiger partial charge in [-0.1, -0.05) is 74.6 Å². The standard InChI is InChI=1S/C25H26/c1-3-5-11-23-18-20-25(21-19-23)13-9-7-6-8-12-24-16-14-22(10-4-2)15-17-24/h6-7,14-21H,3-5,10-11H2,1-2H3/b7-6+. The van der Waals surface area contributed by atoms with Gasteiger partial charge in [0.2, 0.25) is 0 Å². The highest BCUT2D eigenvalue weighted by Crippen LogP contribution is 2.07. The fraction of sp³-hybridized carbons (Fsp3) is 0.280. The van der Waals surface area contributed by atoms with Crippen molar-refractivity contribution >= 4 is 0 Å². The smallest absolute Gasteiger partial charge is 0.0249 e. The van der Waals surface area contributed by atoms with Crippen LogP contribution in [0.5, 0.6) is 0 Å². The third-order valence-corrected chi connectivity index (χ3v) is 3.95. The highest BCUT2D eigenvalue weighted by atomic mass is 14.0. The van der Waals surface area contributed by atoms with E-state index in [1.54, 1.807) is 0 Å². The van der Waals surface area contributed by atoms with Gasteiger partial charge in [0.05, 0.1) is 0 Å². The average Bonchev–Trinajstić information content (AvgIpc) is 2.65. The lowest BCUT2D eigenvalue weighted by molar-refractivity contribution is 0.795. The zero-order chi connectivity index (χ0) is 17.7. The maximum Gasteiger partial charge on any atom is 0.0249 e. The first-order chi connectivity index (χ1) is 12.3. The van der Waals surface area contributed by atoms with Crippen molar-refractivity contribution in [3.05, 3.63) is 82.9 Å². The lowest BCUT2D eigenvalue weighted by atomic mass is 10.1. The van der Waals surface area contributed by atoms with Crippen LogP contribution in [0.4, 0.5) is 0 Å². The van der Waals surface area contributed by atoms with E-state index < -0.39 is 0 Å². The molecule has 2 aromatic rings. The molecule has 0 saturated carbocycles. The van der Waals surface area contributed by atoms with Gasteiger partial charge < -0.3 is 0 Å². The van der Waals surface area contributed by atoms with Gasteiger partial charge in [-0.05, 0) is 66.8 Å². The number of hydrogen-bond acceptors (Lipinski definition) is 0. The molecule has 0 heteroatoms. The van der Waals surface area contributed by atoms with Gasteiger partial charge in [0, 0.05) is 11.1 Å². The fourth-order valence-corrected chi connectivity index (χ4v) is 2.51. The van der Waals surface area contributed by atoms with E-state index in [1.165, 1.54) is 30.4 Å². The number of allylic oxidation sites excluding steroid dienone is 2. The first-order valence-electron chi connectivity index (χ1n) is 9.17. The minimum absolute atomic E-state index is 1.04. The predicted molar refractivity (Wildman–Crippen MR) is 108 cm³/mol. The molecule has 0 spiro atoms. The maximum absolute atomic E-state index is 3.14. The first-order valence-corrected chi connectivity index (χ1v) is 9.17. The van der Waals surface area contributed by atoms with E-state index in [9.17, 15) is 0 Å². The largest absolute Gasteiger partial charge is 0.0689 e. The molecule has 0 unspecified atom stereocenters. The Morgan fingerprint density at radius 3 is 1.56 bits per heavy atom. The molecule has 0 fully saturated rings. The van der Waals surface area contributed by atoms with Crippen LogP contribution >= 0.6 is 0 Å². The molecular formula is C25H26. The summed E-state index contributed by atoms with van der Waals surface area (Å²) in [6.07, 6.45) is 9.55. The second-order valence-electron chi connectivity index (χ2n) is 6.12. The van der Waals surface area contributed by atoms with Gasteiger partial charge in [-0.25, -0.2) is 0 Å². The van der Waals surface area contributed by atoms with E-state index in [0.29, 0.717) is 0 Å². The highest BCUT2D eigenvalue weighted by Gasteiger charge is 1.92. The molecule has 0 aliphatic carbocycles. The summed E-state index contributed by atoms with van der Waals surface area (Å²) in [5.74, 6) is 12.4. The highest BCUT2D eigenvalue weighted by molar-refractivity contribution is 5.42. The summed E-state index contributed by atoms with van der Waals surface area (Å²) in [4.78, 5) is 0. The lowest BCUT2D eigenvalue weighted by Crippen LogP contribution is -1.84. The van der Waals surface area contributed by atoms with Gasteiger partial charge in [0.1, 0.15) is 0 Å². The van der Waals surface area contributed by atoms with Crippen LogP contribution in [0.15, 0.2) is 60.7 Å². The predicted octanol–water partition coefficient (Wildman–Crippen LogP) is 5.94. The van der Waals surface area contributed by atoms with Gasteiger partial charge >= 0.3 is 0 Å².